The Hall–Kier alpha value is -1.98. The molecule has 4 nitrogen and oxygen atoms in total. The van der Waals surface area contributed by atoms with Crippen LogP contribution in [0.2, 0.25) is 0 Å². The molecule has 0 aliphatic carbocycles. The Kier molecular flexibility index (Phi) is 5.41. The largest absolute Gasteiger partial charge is 0.367 e. The number of carbonyl (C=O) groups excluding carboxylic acids is 1. The number of thioether (sulfide) groups is 1. The number of rotatable bonds is 4. The summed E-state index contributed by atoms with van der Waals surface area (Å²) in [7, 11) is 0. The van der Waals surface area contributed by atoms with E-state index >= 15 is 0 Å². The monoisotopic (exact) mass is 381 g/mol. The Balaban J connectivity index is 1.45. The first-order chi connectivity index (χ1) is 13.1. The molecule has 0 bridgehead atoms. The lowest BCUT2D eigenvalue weighted by molar-refractivity contribution is -0.115. The van der Waals surface area contributed by atoms with Gasteiger partial charge in [0.25, 0.3) is 0 Å². The SMILES string of the molecule is CCN1CCN(c2ccccc2NC(=O)[C@@H]2Cc3ccc(C)cc3S2)CC1. The van der Waals surface area contributed by atoms with Crippen LogP contribution in [0, 0.1) is 6.92 Å². The number of hydrogen-bond acceptors (Lipinski definition) is 4. The lowest BCUT2D eigenvalue weighted by Crippen LogP contribution is -2.46. The Morgan fingerprint density at radius 3 is 2.70 bits per heavy atom. The van der Waals surface area contributed by atoms with Crippen molar-refractivity contribution in [2.24, 2.45) is 0 Å². The van der Waals surface area contributed by atoms with Crippen LogP contribution in [0.3, 0.4) is 0 Å². The number of piperazine rings is 1. The van der Waals surface area contributed by atoms with Gasteiger partial charge >= 0.3 is 0 Å². The van der Waals surface area contributed by atoms with E-state index in [2.05, 4.69) is 59.3 Å². The number of amides is 1. The van der Waals surface area contributed by atoms with Crippen LogP contribution in [0.25, 0.3) is 0 Å². The van der Waals surface area contributed by atoms with Gasteiger partial charge in [-0.1, -0.05) is 36.8 Å². The molecule has 0 saturated carbocycles. The summed E-state index contributed by atoms with van der Waals surface area (Å²) in [6.45, 7) is 9.57. The van der Waals surface area contributed by atoms with Crippen molar-refractivity contribution < 1.29 is 4.79 Å². The number of hydrogen-bond donors (Lipinski definition) is 1. The molecule has 2 aromatic rings. The predicted octanol–water partition coefficient (Wildman–Crippen LogP) is 3.79. The zero-order chi connectivity index (χ0) is 18.8. The maximum Gasteiger partial charge on any atom is 0.238 e. The summed E-state index contributed by atoms with van der Waals surface area (Å²) in [5.74, 6) is 0.105. The molecule has 4 rings (SSSR count). The zero-order valence-electron chi connectivity index (χ0n) is 16.1. The van der Waals surface area contributed by atoms with E-state index in [4.69, 9.17) is 0 Å². The summed E-state index contributed by atoms with van der Waals surface area (Å²) >= 11 is 1.69. The van der Waals surface area contributed by atoms with Gasteiger partial charge in [0.05, 0.1) is 16.6 Å². The maximum absolute atomic E-state index is 12.9. The highest BCUT2D eigenvalue weighted by molar-refractivity contribution is 8.01. The molecule has 2 aliphatic rings. The van der Waals surface area contributed by atoms with Gasteiger partial charge in [-0.3, -0.25) is 4.79 Å². The number of anilines is 2. The van der Waals surface area contributed by atoms with E-state index in [1.807, 2.05) is 12.1 Å². The van der Waals surface area contributed by atoms with Crippen LogP contribution in [0.1, 0.15) is 18.1 Å². The number of nitrogens with zero attached hydrogens (tertiary/aromatic N) is 2. The van der Waals surface area contributed by atoms with Crippen molar-refractivity contribution in [3.8, 4) is 0 Å². The van der Waals surface area contributed by atoms with Gasteiger partial charge < -0.3 is 15.1 Å². The number of fused-ring (bicyclic) bond motifs is 1. The average molecular weight is 382 g/mol. The van der Waals surface area contributed by atoms with Crippen molar-refractivity contribution in [1.82, 2.24) is 4.90 Å². The van der Waals surface area contributed by atoms with Gasteiger partial charge in [0.2, 0.25) is 5.91 Å². The van der Waals surface area contributed by atoms with Crippen molar-refractivity contribution in [3.63, 3.8) is 0 Å². The van der Waals surface area contributed by atoms with Crippen LogP contribution in [0.5, 0.6) is 0 Å². The maximum atomic E-state index is 12.9. The molecule has 5 heteroatoms. The fourth-order valence-corrected chi connectivity index (χ4v) is 5.15. The van der Waals surface area contributed by atoms with Crippen LogP contribution < -0.4 is 10.2 Å². The van der Waals surface area contributed by atoms with Crippen molar-refractivity contribution in [2.45, 2.75) is 30.4 Å². The summed E-state index contributed by atoms with van der Waals surface area (Å²) in [6, 6.07) is 14.7. The first-order valence-electron chi connectivity index (χ1n) is 9.77. The summed E-state index contributed by atoms with van der Waals surface area (Å²) in [6.07, 6.45) is 0.809. The molecule has 1 saturated heterocycles. The van der Waals surface area contributed by atoms with Crippen LogP contribution in [0.15, 0.2) is 47.4 Å². The Labute approximate surface area is 165 Å². The van der Waals surface area contributed by atoms with Crippen molar-refractivity contribution in [3.05, 3.63) is 53.6 Å². The topological polar surface area (TPSA) is 35.6 Å². The van der Waals surface area contributed by atoms with E-state index in [0.29, 0.717) is 0 Å². The third kappa shape index (κ3) is 3.99. The van der Waals surface area contributed by atoms with Gasteiger partial charge in [0.15, 0.2) is 0 Å². The average Bonchev–Trinajstić information content (AvgIpc) is 3.12. The second kappa shape index (κ2) is 7.95. The zero-order valence-corrected chi connectivity index (χ0v) is 16.9. The highest BCUT2D eigenvalue weighted by Gasteiger charge is 2.29. The van der Waals surface area contributed by atoms with E-state index in [1.165, 1.54) is 16.0 Å². The van der Waals surface area contributed by atoms with Crippen molar-refractivity contribution in [1.29, 1.82) is 0 Å². The molecule has 1 amide bonds. The molecule has 2 heterocycles. The molecule has 1 N–H and O–H groups in total. The molecule has 2 aliphatic heterocycles. The van der Waals surface area contributed by atoms with Crippen LogP contribution in [-0.2, 0) is 11.2 Å². The second-order valence-electron chi connectivity index (χ2n) is 7.35. The molecule has 27 heavy (non-hydrogen) atoms. The normalized spacial score (nSPS) is 19.8. The van der Waals surface area contributed by atoms with E-state index < -0.39 is 0 Å². The second-order valence-corrected chi connectivity index (χ2v) is 8.59. The van der Waals surface area contributed by atoms with Gasteiger partial charge in [-0.2, -0.15) is 0 Å². The summed E-state index contributed by atoms with van der Waals surface area (Å²) < 4.78 is 0. The number of nitrogens with one attached hydrogen (secondary N) is 1. The molecule has 0 aromatic heterocycles. The summed E-state index contributed by atoms with van der Waals surface area (Å²) in [5.41, 5.74) is 4.60. The Morgan fingerprint density at radius 2 is 1.93 bits per heavy atom. The molecule has 2 aromatic carbocycles. The lowest BCUT2D eigenvalue weighted by Gasteiger charge is -2.36. The molecular formula is C22H27N3OS. The summed E-state index contributed by atoms with van der Waals surface area (Å²) in [5, 5.41) is 3.16. The van der Waals surface area contributed by atoms with Crippen LogP contribution in [-0.4, -0.2) is 48.8 Å². The Morgan fingerprint density at radius 1 is 1.15 bits per heavy atom. The molecule has 0 radical (unpaired) electrons. The third-order valence-electron chi connectivity index (χ3n) is 5.51. The summed E-state index contributed by atoms with van der Waals surface area (Å²) in [4.78, 5) is 19.0. The van der Waals surface area contributed by atoms with Crippen LogP contribution >= 0.6 is 11.8 Å². The van der Waals surface area contributed by atoms with Gasteiger partial charge in [0.1, 0.15) is 0 Å². The number of aryl methyl sites for hydroxylation is 1. The molecular weight excluding hydrogens is 354 g/mol. The van der Waals surface area contributed by atoms with Gasteiger partial charge in [-0.15, -0.1) is 11.8 Å². The highest BCUT2D eigenvalue weighted by Crippen LogP contribution is 2.38. The Bertz CT molecular complexity index is 830. The first kappa shape index (κ1) is 18.4. The third-order valence-corrected chi connectivity index (χ3v) is 6.81. The van der Waals surface area contributed by atoms with Crippen LogP contribution in [0.4, 0.5) is 11.4 Å². The molecule has 142 valence electrons. The van der Waals surface area contributed by atoms with Gasteiger partial charge in [-0.25, -0.2) is 0 Å². The minimum atomic E-state index is -0.0493. The van der Waals surface area contributed by atoms with E-state index in [1.54, 1.807) is 11.8 Å². The van der Waals surface area contributed by atoms with Crippen molar-refractivity contribution >= 4 is 29.0 Å². The number of carbonyl (C=O) groups is 1. The molecule has 1 atom stereocenters. The fourth-order valence-electron chi connectivity index (χ4n) is 3.85. The van der Waals surface area contributed by atoms with Gasteiger partial charge in [-0.05, 0) is 43.7 Å². The number of benzene rings is 2. The molecule has 0 unspecified atom stereocenters. The molecule has 1 fully saturated rings. The standard InChI is InChI=1S/C22H27N3OS/c1-3-24-10-12-25(13-11-24)19-7-5-4-6-18(19)23-22(26)21-15-17-9-8-16(2)14-20(17)27-21/h4-9,14,21H,3,10-13,15H2,1-2H3,(H,23,26)/t21-/m0/s1. The van der Waals surface area contributed by atoms with E-state index in [-0.39, 0.29) is 11.2 Å². The number of para-hydroxylation sites is 2. The minimum absolute atomic E-state index is 0.0493. The predicted molar refractivity (Wildman–Crippen MR) is 114 cm³/mol. The minimum Gasteiger partial charge on any atom is -0.367 e. The van der Waals surface area contributed by atoms with Crippen molar-refractivity contribution in [2.75, 3.05) is 42.9 Å². The lowest BCUT2D eigenvalue weighted by atomic mass is 10.1. The smallest absolute Gasteiger partial charge is 0.238 e. The number of likely N-dealkylation sites (N-methyl/N-ethyl adjacent to an activating group) is 1. The molecule has 0 spiro atoms. The van der Waals surface area contributed by atoms with E-state index in [0.717, 1.165) is 50.5 Å². The highest BCUT2D eigenvalue weighted by atomic mass is 32.2. The first-order valence-corrected chi connectivity index (χ1v) is 10.7. The van der Waals surface area contributed by atoms with E-state index in [9.17, 15) is 4.79 Å². The van der Waals surface area contributed by atoms with Gasteiger partial charge in [0, 0.05) is 31.1 Å². The fraction of sp³-hybridized carbons (Fsp3) is 0.409. The quantitative estimate of drug-likeness (QED) is 0.874.